The second-order valence-corrected chi connectivity index (χ2v) is 6.20. The van der Waals surface area contributed by atoms with Crippen LogP contribution < -0.4 is 16.0 Å². The summed E-state index contributed by atoms with van der Waals surface area (Å²) in [7, 11) is 3.80. The number of carbonyl (C=O) groups is 1. The molecule has 0 spiro atoms. The number of hydrogen-bond acceptors (Lipinski definition) is 3. The van der Waals surface area contributed by atoms with Gasteiger partial charge in [-0.2, -0.15) is 0 Å². The molecule has 2 aromatic carbocycles. The van der Waals surface area contributed by atoms with Crippen LogP contribution in [0.5, 0.6) is 0 Å². The highest BCUT2D eigenvalue weighted by molar-refractivity contribution is 5.82. The topological polar surface area (TPSA) is 53.2 Å². The molecule has 1 amide bonds. The van der Waals surface area contributed by atoms with Crippen LogP contribution in [0.25, 0.3) is 0 Å². The third kappa shape index (κ3) is 7.94. The van der Waals surface area contributed by atoms with Crippen LogP contribution in [0.1, 0.15) is 50.3 Å². The van der Waals surface area contributed by atoms with Crippen LogP contribution in [-0.4, -0.2) is 32.6 Å². The van der Waals surface area contributed by atoms with Crippen LogP contribution in [0, 0.1) is 0 Å². The maximum absolute atomic E-state index is 12.8. The van der Waals surface area contributed by atoms with Crippen molar-refractivity contribution in [1.82, 2.24) is 16.0 Å². The quantitative estimate of drug-likeness (QED) is 0.557. The van der Waals surface area contributed by atoms with Gasteiger partial charge in [0.1, 0.15) is 0 Å². The summed E-state index contributed by atoms with van der Waals surface area (Å²) in [5.41, 5.74) is 2.18. The van der Waals surface area contributed by atoms with E-state index in [0.717, 1.165) is 36.9 Å². The summed E-state index contributed by atoms with van der Waals surface area (Å²) >= 11 is 0. The van der Waals surface area contributed by atoms with E-state index in [-0.39, 0.29) is 18.0 Å². The minimum absolute atomic E-state index is 0.0460. The maximum Gasteiger partial charge on any atom is 0.237 e. The fourth-order valence-electron chi connectivity index (χ4n) is 2.95. The largest absolute Gasteiger partial charge is 0.344 e. The van der Waals surface area contributed by atoms with E-state index in [1.807, 2.05) is 64.3 Å². The number of nitrogens with one attached hydrogen (secondary N) is 3. The summed E-state index contributed by atoms with van der Waals surface area (Å²) < 4.78 is 0. The van der Waals surface area contributed by atoms with Gasteiger partial charge in [-0.05, 0) is 44.6 Å². The second-order valence-electron chi connectivity index (χ2n) is 6.20. The van der Waals surface area contributed by atoms with E-state index in [1.165, 1.54) is 0 Å². The van der Waals surface area contributed by atoms with Crippen LogP contribution in [0.2, 0.25) is 0 Å². The van der Waals surface area contributed by atoms with E-state index in [9.17, 15) is 4.79 Å². The van der Waals surface area contributed by atoms with E-state index in [1.54, 1.807) is 0 Å². The average molecular weight is 370 g/mol. The van der Waals surface area contributed by atoms with Crippen LogP contribution in [0.4, 0.5) is 0 Å². The smallest absolute Gasteiger partial charge is 0.237 e. The Bertz CT molecular complexity index is 577. The van der Waals surface area contributed by atoms with Crippen molar-refractivity contribution in [3.05, 3.63) is 71.8 Å². The molecule has 148 valence electrons. The zero-order chi connectivity index (χ0) is 19.9. The van der Waals surface area contributed by atoms with Crippen molar-refractivity contribution in [2.75, 3.05) is 20.6 Å². The molecule has 2 rings (SSSR count). The van der Waals surface area contributed by atoms with Gasteiger partial charge in [0.05, 0.1) is 12.1 Å². The Morgan fingerprint density at radius 2 is 1.37 bits per heavy atom. The van der Waals surface area contributed by atoms with E-state index in [0.29, 0.717) is 0 Å². The maximum atomic E-state index is 12.8. The lowest BCUT2D eigenvalue weighted by atomic mass is 9.98. The fraction of sp³-hybridized carbons (Fsp3) is 0.435. The molecular weight excluding hydrogens is 334 g/mol. The fourth-order valence-corrected chi connectivity index (χ4v) is 2.95. The van der Waals surface area contributed by atoms with Crippen molar-refractivity contribution in [1.29, 1.82) is 0 Å². The van der Waals surface area contributed by atoms with Crippen molar-refractivity contribution in [3.63, 3.8) is 0 Å². The molecule has 0 aliphatic rings. The lowest BCUT2D eigenvalue weighted by Gasteiger charge is -2.23. The Hall–Kier alpha value is -2.17. The Balaban J connectivity index is 0.00000176. The minimum atomic E-state index is -0.174. The zero-order valence-electron chi connectivity index (χ0n) is 17.2. The summed E-state index contributed by atoms with van der Waals surface area (Å²) in [6.07, 6.45) is 2.92. The minimum Gasteiger partial charge on any atom is -0.344 e. The average Bonchev–Trinajstić information content (AvgIpc) is 2.74. The van der Waals surface area contributed by atoms with Gasteiger partial charge in [-0.25, -0.2) is 0 Å². The molecule has 0 fully saturated rings. The van der Waals surface area contributed by atoms with Gasteiger partial charge in [-0.1, -0.05) is 80.9 Å². The molecule has 0 radical (unpaired) electrons. The van der Waals surface area contributed by atoms with E-state index in [2.05, 4.69) is 40.2 Å². The van der Waals surface area contributed by atoms with Gasteiger partial charge in [0.2, 0.25) is 5.91 Å². The molecule has 3 N–H and O–H groups in total. The highest BCUT2D eigenvalue weighted by Gasteiger charge is 2.21. The zero-order valence-corrected chi connectivity index (χ0v) is 17.2. The molecule has 4 heteroatoms. The molecule has 0 saturated carbocycles. The summed E-state index contributed by atoms with van der Waals surface area (Å²) in [5.74, 6) is 0.0460. The van der Waals surface area contributed by atoms with Gasteiger partial charge in [0, 0.05) is 0 Å². The molecule has 4 nitrogen and oxygen atoms in total. The van der Waals surface area contributed by atoms with Crippen molar-refractivity contribution >= 4 is 5.91 Å². The Kier molecular flexibility index (Phi) is 11.8. The van der Waals surface area contributed by atoms with Gasteiger partial charge in [-0.3, -0.25) is 4.79 Å². The van der Waals surface area contributed by atoms with Crippen molar-refractivity contribution < 1.29 is 4.79 Å². The molecule has 0 aliphatic heterocycles. The Labute approximate surface area is 164 Å². The first-order valence-electron chi connectivity index (χ1n) is 9.98. The van der Waals surface area contributed by atoms with Gasteiger partial charge >= 0.3 is 0 Å². The van der Waals surface area contributed by atoms with Crippen molar-refractivity contribution in [2.24, 2.45) is 0 Å². The number of carbonyl (C=O) groups excluding carboxylic acids is 1. The van der Waals surface area contributed by atoms with Gasteiger partial charge in [0.25, 0.3) is 0 Å². The monoisotopic (exact) mass is 369 g/mol. The van der Waals surface area contributed by atoms with E-state index < -0.39 is 0 Å². The van der Waals surface area contributed by atoms with Gasteiger partial charge in [-0.15, -0.1) is 0 Å². The molecule has 1 atom stereocenters. The molecule has 0 bridgehead atoms. The summed E-state index contributed by atoms with van der Waals surface area (Å²) in [5, 5.41) is 9.52. The normalized spacial score (nSPS) is 11.4. The third-order valence-electron chi connectivity index (χ3n) is 4.39. The molecule has 0 saturated heterocycles. The highest BCUT2D eigenvalue weighted by Crippen LogP contribution is 2.22. The lowest BCUT2D eigenvalue weighted by molar-refractivity contribution is -0.123. The molecule has 0 heterocycles. The SMILES string of the molecule is CC.CNCCCCC(NC)C(=O)NC(c1ccccc1)c1ccccc1. The number of benzene rings is 2. The molecule has 0 aliphatic carbocycles. The number of hydrogen-bond donors (Lipinski definition) is 3. The van der Waals surface area contributed by atoms with Crippen LogP contribution in [0.15, 0.2) is 60.7 Å². The van der Waals surface area contributed by atoms with Crippen LogP contribution in [0.3, 0.4) is 0 Å². The first kappa shape index (κ1) is 22.9. The number of amides is 1. The second kappa shape index (κ2) is 14.0. The summed E-state index contributed by atoms with van der Waals surface area (Å²) in [4.78, 5) is 12.8. The Morgan fingerprint density at radius 3 is 1.81 bits per heavy atom. The summed E-state index contributed by atoms with van der Waals surface area (Å²) in [6.45, 7) is 4.98. The van der Waals surface area contributed by atoms with Gasteiger partial charge < -0.3 is 16.0 Å². The van der Waals surface area contributed by atoms with Gasteiger partial charge in [0.15, 0.2) is 0 Å². The van der Waals surface area contributed by atoms with E-state index in [4.69, 9.17) is 0 Å². The highest BCUT2D eigenvalue weighted by atomic mass is 16.2. The molecule has 2 aromatic rings. The van der Waals surface area contributed by atoms with Crippen LogP contribution in [-0.2, 0) is 4.79 Å². The van der Waals surface area contributed by atoms with E-state index >= 15 is 0 Å². The van der Waals surface area contributed by atoms with Crippen molar-refractivity contribution in [2.45, 2.75) is 45.2 Å². The molecule has 0 aromatic heterocycles. The summed E-state index contributed by atoms with van der Waals surface area (Å²) in [6, 6.07) is 19.9. The standard InChI is InChI=1S/C21H29N3O.C2H6/c1-22-16-10-9-15-19(23-2)21(25)24-20(17-11-5-3-6-12-17)18-13-7-4-8-14-18;1-2/h3-8,11-14,19-20,22-23H,9-10,15-16H2,1-2H3,(H,24,25);1-2H3. The first-order chi connectivity index (χ1) is 13.3. The van der Waals surface area contributed by atoms with Crippen molar-refractivity contribution in [3.8, 4) is 0 Å². The number of likely N-dealkylation sites (N-methyl/N-ethyl adjacent to an activating group) is 1. The predicted molar refractivity (Wildman–Crippen MR) is 115 cm³/mol. The third-order valence-corrected chi connectivity index (χ3v) is 4.39. The number of unbranched alkanes of at least 4 members (excludes halogenated alkanes) is 1. The molecule has 27 heavy (non-hydrogen) atoms. The van der Waals surface area contributed by atoms with Crippen LogP contribution >= 0.6 is 0 Å². The Morgan fingerprint density at radius 1 is 0.852 bits per heavy atom. The molecule has 1 unspecified atom stereocenters. The predicted octanol–water partition coefficient (Wildman–Crippen LogP) is 3.90. The lowest BCUT2D eigenvalue weighted by Crippen LogP contribution is -2.44. The molecular formula is C23H35N3O. The number of rotatable bonds is 10. The first-order valence-corrected chi connectivity index (χ1v) is 9.98.